The first kappa shape index (κ1) is 14.3. The van der Waals surface area contributed by atoms with Crippen LogP contribution in [0.2, 0.25) is 0 Å². The minimum Gasteiger partial charge on any atom is -0.508 e. The number of hydrogen-bond acceptors (Lipinski definition) is 5. The fourth-order valence-corrected chi connectivity index (χ4v) is 1.90. The molecule has 0 aliphatic heterocycles. The third-order valence-electron chi connectivity index (χ3n) is 2.29. The van der Waals surface area contributed by atoms with Gasteiger partial charge in [-0.2, -0.15) is 13.9 Å². The van der Waals surface area contributed by atoms with Crippen LogP contribution >= 0.6 is 11.8 Å². The van der Waals surface area contributed by atoms with Gasteiger partial charge in [0.2, 0.25) is 0 Å². The number of phenolic OH excluding ortho intramolecular Hbond substituents is 2. The summed E-state index contributed by atoms with van der Waals surface area (Å²) in [4.78, 5) is 0.437. The highest BCUT2D eigenvalue weighted by Crippen LogP contribution is 2.32. The van der Waals surface area contributed by atoms with Crippen LogP contribution in [0.15, 0.2) is 57.6 Å². The zero-order chi connectivity index (χ0) is 14.5. The van der Waals surface area contributed by atoms with E-state index in [-0.39, 0.29) is 17.2 Å². The summed E-state index contributed by atoms with van der Waals surface area (Å²) in [7, 11) is 0. The number of halogens is 2. The van der Waals surface area contributed by atoms with E-state index in [2.05, 4.69) is 10.2 Å². The van der Waals surface area contributed by atoms with Crippen LogP contribution in [0.3, 0.4) is 0 Å². The van der Waals surface area contributed by atoms with Crippen molar-refractivity contribution in [1.82, 2.24) is 0 Å². The van der Waals surface area contributed by atoms with E-state index in [0.717, 1.165) is 6.07 Å². The van der Waals surface area contributed by atoms with Crippen LogP contribution in [0, 0.1) is 0 Å². The van der Waals surface area contributed by atoms with E-state index in [1.807, 2.05) is 0 Å². The molecule has 0 atom stereocenters. The first-order valence-electron chi connectivity index (χ1n) is 5.53. The molecule has 0 bridgehead atoms. The zero-order valence-corrected chi connectivity index (χ0v) is 10.9. The Morgan fingerprint density at radius 1 is 0.950 bits per heavy atom. The fraction of sp³-hybridized carbons (Fsp3) is 0.0769. The fourth-order valence-electron chi connectivity index (χ4n) is 1.40. The molecular formula is C13H10F2N2O2S. The predicted octanol–water partition coefficient (Wildman–Crippen LogP) is 4.83. The summed E-state index contributed by atoms with van der Waals surface area (Å²) in [6.45, 7) is 0. The maximum Gasteiger partial charge on any atom is 0.288 e. The van der Waals surface area contributed by atoms with Crippen molar-refractivity contribution in [3.63, 3.8) is 0 Å². The van der Waals surface area contributed by atoms with Gasteiger partial charge < -0.3 is 10.2 Å². The molecule has 0 unspecified atom stereocenters. The Kier molecular flexibility index (Phi) is 4.52. The Morgan fingerprint density at radius 3 is 2.25 bits per heavy atom. The molecule has 0 radical (unpaired) electrons. The number of azo groups is 1. The topological polar surface area (TPSA) is 65.2 Å². The molecule has 7 heteroatoms. The van der Waals surface area contributed by atoms with E-state index in [9.17, 15) is 13.9 Å². The molecule has 0 aliphatic carbocycles. The average molecular weight is 296 g/mol. The van der Waals surface area contributed by atoms with Crippen molar-refractivity contribution in [2.45, 2.75) is 10.7 Å². The van der Waals surface area contributed by atoms with Gasteiger partial charge in [-0.3, -0.25) is 0 Å². The van der Waals surface area contributed by atoms with E-state index in [1.54, 1.807) is 12.1 Å². The number of thioether (sulfide) groups is 1. The minimum absolute atomic E-state index is 0.0742. The molecule has 104 valence electrons. The first-order valence-corrected chi connectivity index (χ1v) is 6.41. The molecule has 4 nitrogen and oxygen atoms in total. The molecule has 0 aromatic heterocycles. The smallest absolute Gasteiger partial charge is 0.288 e. The van der Waals surface area contributed by atoms with Crippen LogP contribution in [0.5, 0.6) is 11.5 Å². The van der Waals surface area contributed by atoms with Crippen molar-refractivity contribution in [3.05, 3.63) is 42.5 Å². The summed E-state index contributed by atoms with van der Waals surface area (Å²) in [5.41, 5.74) is 0.671. The Hall–Kier alpha value is -2.15. The molecule has 2 aromatic carbocycles. The Bertz CT molecular complexity index is 618. The van der Waals surface area contributed by atoms with Crippen molar-refractivity contribution < 1.29 is 19.0 Å². The van der Waals surface area contributed by atoms with Gasteiger partial charge in [0.1, 0.15) is 17.2 Å². The lowest BCUT2D eigenvalue weighted by atomic mass is 10.3. The number of aromatic hydroxyl groups is 2. The van der Waals surface area contributed by atoms with Gasteiger partial charge in [-0.15, -0.1) is 5.11 Å². The zero-order valence-electron chi connectivity index (χ0n) is 10.1. The molecule has 0 spiro atoms. The normalized spacial score (nSPS) is 11.3. The molecule has 20 heavy (non-hydrogen) atoms. The van der Waals surface area contributed by atoms with E-state index in [1.165, 1.54) is 24.3 Å². The molecule has 2 N–H and O–H groups in total. The highest BCUT2D eigenvalue weighted by Gasteiger charge is 2.05. The molecule has 0 fully saturated rings. The number of nitrogens with zero attached hydrogens (tertiary/aromatic N) is 2. The molecule has 0 heterocycles. The monoisotopic (exact) mass is 296 g/mol. The van der Waals surface area contributed by atoms with Gasteiger partial charge in [0.15, 0.2) is 0 Å². The summed E-state index contributed by atoms with van der Waals surface area (Å²) in [5, 5.41) is 26.3. The lowest BCUT2D eigenvalue weighted by Crippen LogP contribution is -1.80. The van der Waals surface area contributed by atoms with E-state index in [4.69, 9.17) is 5.11 Å². The third kappa shape index (κ3) is 3.92. The molecule has 2 aromatic rings. The largest absolute Gasteiger partial charge is 0.508 e. The summed E-state index contributed by atoms with van der Waals surface area (Å²) in [6.07, 6.45) is 0. The van der Waals surface area contributed by atoms with E-state index < -0.39 is 5.76 Å². The summed E-state index contributed by atoms with van der Waals surface area (Å²) >= 11 is 0.452. The summed E-state index contributed by atoms with van der Waals surface area (Å²) in [6, 6.07) is 10.1. The SMILES string of the molecule is Oc1ccc(N=Nc2ccc(SC(F)F)cc2)c(O)c1. The molecule has 0 amide bonds. The Labute approximate surface area is 117 Å². The maximum absolute atomic E-state index is 12.1. The van der Waals surface area contributed by atoms with Gasteiger partial charge >= 0.3 is 0 Å². The number of hydrogen-bond donors (Lipinski definition) is 2. The number of phenols is 2. The van der Waals surface area contributed by atoms with Crippen LogP contribution in [-0.2, 0) is 0 Å². The lowest BCUT2D eigenvalue weighted by molar-refractivity contribution is 0.252. The van der Waals surface area contributed by atoms with Gasteiger partial charge in [-0.1, -0.05) is 11.8 Å². The quantitative estimate of drug-likeness (QED) is 0.627. The van der Waals surface area contributed by atoms with Crippen molar-refractivity contribution in [1.29, 1.82) is 0 Å². The van der Waals surface area contributed by atoms with Crippen molar-refractivity contribution in [2.75, 3.05) is 0 Å². The van der Waals surface area contributed by atoms with Crippen molar-refractivity contribution >= 4 is 23.1 Å². The molecule has 2 rings (SSSR count). The minimum atomic E-state index is -2.46. The third-order valence-corrected chi connectivity index (χ3v) is 3.02. The van der Waals surface area contributed by atoms with Crippen LogP contribution < -0.4 is 0 Å². The van der Waals surface area contributed by atoms with E-state index >= 15 is 0 Å². The maximum atomic E-state index is 12.1. The second-order valence-corrected chi connectivity index (χ2v) is 4.81. The van der Waals surface area contributed by atoms with Crippen molar-refractivity contribution in [2.24, 2.45) is 10.2 Å². The highest BCUT2D eigenvalue weighted by atomic mass is 32.2. The molecule has 0 saturated heterocycles. The summed E-state index contributed by atoms with van der Waals surface area (Å²) < 4.78 is 24.3. The standard InChI is InChI=1S/C13H10F2N2O2S/c14-13(15)20-10-4-1-8(2-5-10)16-17-11-6-3-9(18)7-12(11)19/h1-7,13,18-19H. The number of benzene rings is 2. The molecule has 0 saturated carbocycles. The first-order chi connectivity index (χ1) is 9.54. The van der Waals surface area contributed by atoms with Crippen LogP contribution in [0.4, 0.5) is 20.2 Å². The van der Waals surface area contributed by atoms with Gasteiger partial charge in [0.05, 0.1) is 5.69 Å². The highest BCUT2D eigenvalue weighted by molar-refractivity contribution is 7.99. The van der Waals surface area contributed by atoms with Gasteiger partial charge in [-0.05, 0) is 36.4 Å². The number of alkyl halides is 2. The summed E-state index contributed by atoms with van der Waals surface area (Å²) in [5.74, 6) is -2.73. The molecule has 0 aliphatic rings. The second kappa shape index (κ2) is 6.33. The molecular weight excluding hydrogens is 286 g/mol. The van der Waals surface area contributed by atoms with Crippen LogP contribution in [-0.4, -0.2) is 16.0 Å². The van der Waals surface area contributed by atoms with E-state index in [0.29, 0.717) is 22.3 Å². The average Bonchev–Trinajstić information content (AvgIpc) is 2.39. The Morgan fingerprint density at radius 2 is 1.65 bits per heavy atom. The van der Waals surface area contributed by atoms with Gasteiger partial charge in [0, 0.05) is 11.0 Å². The van der Waals surface area contributed by atoms with Gasteiger partial charge in [-0.25, -0.2) is 0 Å². The Balaban J connectivity index is 2.11. The van der Waals surface area contributed by atoms with Gasteiger partial charge in [0.25, 0.3) is 5.76 Å². The second-order valence-electron chi connectivity index (χ2n) is 3.75. The van der Waals surface area contributed by atoms with Crippen LogP contribution in [0.1, 0.15) is 0 Å². The van der Waals surface area contributed by atoms with Crippen molar-refractivity contribution in [3.8, 4) is 11.5 Å². The predicted molar refractivity (Wildman–Crippen MR) is 72.3 cm³/mol. The lowest BCUT2D eigenvalue weighted by Gasteiger charge is -2.00. The van der Waals surface area contributed by atoms with Crippen LogP contribution in [0.25, 0.3) is 0 Å². The number of rotatable bonds is 4.